The summed E-state index contributed by atoms with van der Waals surface area (Å²) in [5.74, 6) is 1.09. The van der Waals surface area contributed by atoms with E-state index in [1.807, 2.05) is 35.9 Å². The lowest BCUT2D eigenvalue weighted by atomic mass is 10.2. The highest BCUT2D eigenvalue weighted by atomic mass is 16.5. The van der Waals surface area contributed by atoms with E-state index in [0.29, 0.717) is 30.0 Å². The molecular weight excluding hydrogens is 344 g/mol. The minimum atomic E-state index is -0.181. The Balaban J connectivity index is 1.69. The normalized spacial score (nSPS) is 10.6. The van der Waals surface area contributed by atoms with Gasteiger partial charge in [0, 0.05) is 32.6 Å². The summed E-state index contributed by atoms with van der Waals surface area (Å²) in [6.07, 6.45) is 0.585. The van der Waals surface area contributed by atoms with E-state index in [2.05, 4.69) is 15.6 Å². The summed E-state index contributed by atoms with van der Waals surface area (Å²) in [4.78, 5) is 28.2. The van der Waals surface area contributed by atoms with Gasteiger partial charge in [-0.15, -0.1) is 0 Å². The first-order valence-electron chi connectivity index (χ1n) is 8.63. The maximum absolute atomic E-state index is 12.4. The Morgan fingerprint density at radius 3 is 2.70 bits per heavy atom. The minimum absolute atomic E-state index is 0.121. The van der Waals surface area contributed by atoms with Crippen LogP contribution in [0.5, 0.6) is 5.75 Å². The van der Waals surface area contributed by atoms with E-state index in [9.17, 15) is 9.59 Å². The third kappa shape index (κ3) is 4.08. The lowest BCUT2D eigenvalue weighted by Crippen LogP contribution is -2.26. The summed E-state index contributed by atoms with van der Waals surface area (Å²) in [7, 11) is 3.48. The van der Waals surface area contributed by atoms with Crippen LogP contribution < -0.4 is 15.4 Å². The van der Waals surface area contributed by atoms with E-state index >= 15 is 0 Å². The number of aromatic nitrogens is 2. The van der Waals surface area contributed by atoms with Crippen molar-refractivity contribution < 1.29 is 14.3 Å². The lowest BCUT2D eigenvalue weighted by Gasteiger charge is -2.09. The maximum Gasteiger partial charge on any atom is 0.255 e. The maximum atomic E-state index is 12.4. The van der Waals surface area contributed by atoms with Crippen molar-refractivity contribution in [3.8, 4) is 5.75 Å². The molecule has 1 aromatic heterocycles. The van der Waals surface area contributed by atoms with Gasteiger partial charge in [0.25, 0.3) is 5.91 Å². The number of imidazole rings is 1. The molecule has 0 saturated heterocycles. The molecule has 1 heterocycles. The van der Waals surface area contributed by atoms with Crippen molar-refractivity contribution in [3.63, 3.8) is 0 Å². The number of methoxy groups -OCH3 is 1. The first-order valence-corrected chi connectivity index (χ1v) is 8.63. The number of nitrogens with zero attached hydrogens (tertiary/aromatic N) is 2. The van der Waals surface area contributed by atoms with Gasteiger partial charge in [0.1, 0.15) is 11.6 Å². The number of aryl methyl sites for hydroxylation is 1. The van der Waals surface area contributed by atoms with E-state index in [1.54, 1.807) is 25.3 Å². The molecule has 0 aliphatic rings. The number of carbonyl (C=O) groups excluding carboxylic acids is 2. The monoisotopic (exact) mass is 366 g/mol. The molecule has 0 aliphatic heterocycles. The molecule has 0 bridgehead atoms. The fourth-order valence-corrected chi connectivity index (χ4v) is 2.97. The third-order valence-electron chi connectivity index (χ3n) is 4.28. The van der Waals surface area contributed by atoms with E-state index in [0.717, 1.165) is 16.9 Å². The second kappa shape index (κ2) is 7.90. The summed E-state index contributed by atoms with van der Waals surface area (Å²) < 4.78 is 7.21. The Morgan fingerprint density at radius 2 is 1.96 bits per heavy atom. The van der Waals surface area contributed by atoms with Crippen LogP contribution in [0.15, 0.2) is 42.5 Å². The van der Waals surface area contributed by atoms with E-state index < -0.39 is 0 Å². The van der Waals surface area contributed by atoms with Crippen molar-refractivity contribution in [2.24, 2.45) is 7.05 Å². The number of benzene rings is 2. The van der Waals surface area contributed by atoms with Crippen LogP contribution in [0, 0.1) is 0 Å². The fourth-order valence-electron chi connectivity index (χ4n) is 2.97. The molecule has 3 rings (SSSR count). The quantitative estimate of drug-likeness (QED) is 0.702. The molecule has 0 saturated carbocycles. The smallest absolute Gasteiger partial charge is 0.255 e. The molecule has 0 atom stereocenters. The number of hydrogen-bond acceptors (Lipinski definition) is 4. The van der Waals surface area contributed by atoms with Crippen molar-refractivity contribution in [1.82, 2.24) is 14.9 Å². The molecule has 0 radical (unpaired) electrons. The predicted octanol–water partition coefficient (Wildman–Crippen LogP) is 2.51. The molecule has 27 heavy (non-hydrogen) atoms. The molecule has 140 valence electrons. The summed E-state index contributed by atoms with van der Waals surface area (Å²) in [6, 6.07) is 12.7. The molecule has 0 spiro atoms. The second-order valence-electron chi connectivity index (χ2n) is 6.18. The van der Waals surface area contributed by atoms with Gasteiger partial charge in [-0.3, -0.25) is 9.59 Å². The second-order valence-corrected chi connectivity index (χ2v) is 6.18. The standard InChI is InChI=1S/C20H22N4O3/c1-13(25)22-14-8-9-17-16(12-14)23-19(24(17)2)10-11-21-20(26)15-6-4-5-7-18(15)27-3/h4-9,12H,10-11H2,1-3H3,(H,21,26)(H,22,25). The zero-order valence-corrected chi connectivity index (χ0v) is 15.6. The van der Waals surface area contributed by atoms with Gasteiger partial charge in [-0.25, -0.2) is 4.98 Å². The highest BCUT2D eigenvalue weighted by Gasteiger charge is 2.12. The Hall–Kier alpha value is -3.35. The SMILES string of the molecule is COc1ccccc1C(=O)NCCc1nc2cc(NC(C)=O)ccc2n1C. The zero-order valence-electron chi connectivity index (χ0n) is 15.6. The number of para-hydroxylation sites is 1. The van der Waals surface area contributed by atoms with Crippen LogP contribution in [0.3, 0.4) is 0 Å². The van der Waals surface area contributed by atoms with Crippen LogP contribution in [0.4, 0.5) is 5.69 Å². The van der Waals surface area contributed by atoms with Crippen LogP contribution in [0.2, 0.25) is 0 Å². The van der Waals surface area contributed by atoms with Crippen LogP contribution in [0.1, 0.15) is 23.1 Å². The molecule has 2 aromatic carbocycles. The van der Waals surface area contributed by atoms with Crippen molar-refractivity contribution in [1.29, 1.82) is 0 Å². The Kier molecular flexibility index (Phi) is 5.40. The molecule has 7 nitrogen and oxygen atoms in total. The van der Waals surface area contributed by atoms with Crippen LogP contribution in [-0.2, 0) is 18.3 Å². The summed E-state index contributed by atoms with van der Waals surface area (Å²) in [5.41, 5.74) is 2.99. The average Bonchev–Trinajstić information content (AvgIpc) is 2.96. The third-order valence-corrected chi connectivity index (χ3v) is 4.28. The summed E-state index contributed by atoms with van der Waals surface area (Å²) in [6.45, 7) is 1.92. The number of amides is 2. The van der Waals surface area contributed by atoms with E-state index in [-0.39, 0.29) is 11.8 Å². The Bertz CT molecular complexity index is 994. The summed E-state index contributed by atoms with van der Waals surface area (Å²) >= 11 is 0. The molecular formula is C20H22N4O3. The minimum Gasteiger partial charge on any atom is -0.496 e. The Labute approximate surface area is 157 Å². The van der Waals surface area contributed by atoms with Crippen molar-refractivity contribution in [2.75, 3.05) is 19.0 Å². The highest BCUT2D eigenvalue weighted by molar-refractivity contribution is 5.97. The first-order chi connectivity index (χ1) is 13.0. The van der Waals surface area contributed by atoms with Gasteiger partial charge in [0.05, 0.1) is 23.7 Å². The number of ether oxygens (including phenoxy) is 1. The molecule has 0 aliphatic carbocycles. The van der Waals surface area contributed by atoms with Gasteiger partial charge < -0.3 is 19.9 Å². The van der Waals surface area contributed by atoms with Gasteiger partial charge in [-0.05, 0) is 30.3 Å². The predicted molar refractivity (Wildman–Crippen MR) is 104 cm³/mol. The summed E-state index contributed by atoms with van der Waals surface area (Å²) in [5, 5.41) is 5.66. The van der Waals surface area contributed by atoms with Crippen molar-refractivity contribution in [3.05, 3.63) is 53.9 Å². The highest BCUT2D eigenvalue weighted by Crippen LogP contribution is 2.20. The molecule has 2 N–H and O–H groups in total. The molecule has 3 aromatic rings. The van der Waals surface area contributed by atoms with E-state index in [4.69, 9.17) is 4.74 Å². The van der Waals surface area contributed by atoms with Gasteiger partial charge >= 0.3 is 0 Å². The number of hydrogen-bond donors (Lipinski definition) is 2. The number of rotatable bonds is 6. The topological polar surface area (TPSA) is 85.2 Å². The van der Waals surface area contributed by atoms with Crippen LogP contribution >= 0.6 is 0 Å². The lowest BCUT2D eigenvalue weighted by molar-refractivity contribution is -0.114. The average molecular weight is 366 g/mol. The fraction of sp³-hybridized carbons (Fsp3) is 0.250. The first kappa shape index (κ1) is 18.4. The largest absolute Gasteiger partial charge is 0.496 e. The van der Waals surface area contributed by atoms with Gasteiger partial charge in [0.15, 0.2) is 0 Å². The zero-order chi connectivity index (χ0) is 19.4. The van der Waals surface area contributed by atoms with Crippen LogP contribution in [-0.4, -0.2) is 35.0 Å². The number of fused-ring (bicyclic) bond motifs is 1. The van der Waals surface area contributed by atoms with Crippen molar-refractivity contribution >= 4 is 28.5 Å². The molecule has 2 amide bonds. The number of anilines is 1. The molecule has 7 heteroatoms. The van der Waals surface area contributed by atoms with Crippen molar-refractivity contribution in [2.45, 2.75) is 13.3 Å². The van der Waals surface area contributed by atoms with Gasteiger partial charge in [0.2, 0.25) is 5.91 Å². The number of nitrogens with one attached hydrogen (secondary N) is 2. The van der Waals surface area contributed by atoms with Gasteiger partial charge in [-0.2, -0.15) is 0 Å². The van der Waals surface area contributed by atoms with Gasteiger partial charge in [-0.1, -0.05) is 12.1 Å². The molecule has 0 fully saturated rings. The van der Waals surface area contributed by atoms with Crippen LogP contribution in [0.25, 0.3) is 11.0 Å². The number of carbonyl (C=O) groups is 2. The molecule has 0 unspecified atom stereocenters. The van der Waals surface area contributed by atoms with E-state index in [1.165, 1.54) is 6.92 Å². The Morgan fingerprint density at radius 1 is 1.19 bits per heavy atom.